The number of halogens is 1. The first-order chi connectivity index (χ1) is 9.83. The molecular formula is C17H21ClN2. The lowest BCUT2D eigenvalue weighted by atomic mass is 10.1. The molecule has 20 heavy (non-hydrogen) atoms. The molecule has 0 spiro atoms. The summed E-state index contributed by atoms with van der Waals surface area (Å²) in [5, 5.41) is 4.79. The fourth-order valence-corrected chi connectivity index (χ4v) is 3.24. The van der Waals surface area contributed by atoms with Crippen LogP contribution in [0.1, 0.15) is 54.8 Å². The lowest BCUT2D eigenvalue weighted by molar-refractivity contribution is 0.462. The molecule has 1 heterocycles. The Kier molecular flexibility index (Phi) is 4.41. The summed E-state index contributed by atoms with van der Waals surface area (Å²) < 4.78 is 2.16. The molecule has 0 amide bonds. The highest BCUT2D eigenvalue weighted by atomic mass is 35.5. The van der Waals surface area contributed by atoms with Gasteiger partial charge in [0.05, 0.1) is 17.1 Å². The van der Waals surface area contributed by atoms with E-state index >= 15 is 0 Å². The summed E-state index contributed by atoms with van der Waals surface area (Å²) in [4.78, 5) is 0. The van der Waals surface area contributed by atoms with Crippen LogP contribution in [-0.4, -0.2) is 9.78 Å². The van der Waals surface area contributed by atoms with Crippen molar-refractivity contribution in [2.24, 2.45) is 0 Å². The van der Waals surface area contributed by atoms with Gasteiger partial charge >= 0.3 is 0 Å². The van der Waals surface area contributed by atoms with Gasteiger partial charge in [0.25, 0.3) is 0 Å². The molecule has 1 aliphatic carbocycles. The van der Waals surface area contributed by atoms with Crippen LogP contribution < -0.4 is 0 Å². The van der Waals surface area contributed by atoms with Gasteiger partial charge in [0.2, 0.25) is 0 Å². The molecule has 1 fully saturated rings. The monoisotopic (exact) mass is 288 g/mol. The Balaban J connectivity index is 1.56. The van der Waals surface area contributed by atoms with Gasteiger partial charge in [-0.15, -0.1) is 11.6 Å². The predicted octanol–water partition coefficient (Wildman–Crippen LogP) is 4.91. The van der Waals surface area contributed by atoms with E-state index in [0.29, 0.717) is 6.04 Å². The quantitative estimate of drug-likeness (QED) is 0.715. The van der Waals surface area contributed by atoms with Crippen LogP contribution in [0.2, 0.25) is 0 Å². The van der Waals surface area contributed by atoms with E-state index in [1.807, 2.05) is 18.2 Å². The number of hydrogen-bond acceptors (Lipinski definition) is 1. The van der Waals surface area contributed by atoms with Crippen molar-refractivity contribution in [2.75, 3.05) is 0 Å². The van der Waals surface area contributed by atoms with E-state index in [0.717, 1.165) is 12.8 Å². The minimum atomic E-state index is 0.0767. The average Bonchev–Trinajstić information content (AvgIpc) is 3.16. The maximum atomic E-state index is 6.46. The zero-order valence-electron chi connectivity index (χ0n) is 11.7. The van der Waals surface area contributed by atoms with E-state index in [9.17, 15) is 0 Å². The van der Waals surface area contributed by atoms with E-state index in [2.05, 4.69) is 29.1 Å². The lowest BCUT2D eigenvalue weighted by Gasteiger charge is -2.10. The minimum Gasteiger partial charge on any atom is -0.269 e. The third-order valence-electron chi connectivity index (χ3n) is 4.18. The van der Waals surface area contributed by atoms with Gasteiger partial charge in [0.1, 0.15) is 0 Å². The molecule has 0 aliphatic heterocycles. The van der Waals surface area contributed by atoms with Gasteiger partial charge in [-0.2, -0.15) is 5.10 Å². The third kappa shape index (κ3) is 3.24. The predicted molar refractivity (Wildman–Crippen MR) is 83.1 cm³/mol. The molecular weight excluding hydrogens is 268 g/mol. The van der Waals surface area contributed by atoms with Gasteiger partial charge in [0, 0.05) is 6.20 Å². The Morgan fingerprint density at radius 1 is 1.15 bits per heavy atom. The second-order valence-electron chi connectivity index (χ2n) is 5.64. The number of aryl methyl sites for hydroxylation is 1. The van der Waals surface area contributed by atoms with Gasteiger partial charge in [-0.25, -0.2) is 0 Å². The largest absolute Gasteiger partial charge is 0.269 e. The van der Waals surface area contributed by atoms with Crippen molar-refractivity contribution in [1.82, 2.24) is 9.78 Å². The Morgan fingerprint density at radius 2 is 1.90 bits per heavy atom. The van der Waals surface area contributed by atoms with Crippen molar-refractivity contribution >= 4 is 11.6 Å². The number of nitrogens with zero attached hydrogens (tertiary/aromatic N) is 2. The number of hydrogen-bond donors (Lipinski definition) is 0. The Labute approximate surface area is 125 Å². The Morgan fingerprint density at radius 3 is 2.65 bits per heavy atom. The minimum absolute atomic E-state index is 0.0767. The average molecular weight is 289 g/mol. The molecule has 1 saturated carbocycles. The Hall–Kier alpha value is -1.28. The Bertz CT molecular complexity index is 529. The summed E-state index contributed by atoms with van der Waals surface area (Å²) in [5.74, 6) is 0. The van der Waals surface area contributed by atoms with Gasteiger partial charge in [0.15, 0.2) is 0 Å². The number of aromatic nitrogens is 2. The zero-order chi connectivity index (χ0) is 13.8. The van der Waals surface area contributed by atoms with E-state index in [4.69, 9.17) is 16.7 Å². The summed E-state index contributed by atoms with van der Waals surface area (Å²) >= 11 is 6.46. The fraction of sp³-hybridized carbons (Fsp3) is 0.471. The molecule has 1 aliphatic rings. The molecule has 1 unspecified atom stereocenters. The molecule has 1 aromatic carbocycles. The van der Waals surface area contributed by atoms with Gasteiger partial charge in [-0.05, 0) is 37.3 Å². The molecule has 2 nitrogen and oxygen atoms in total. The maximum absolute atomic E-state index is 6.46. The van der Waals surface area contributed by atoms with Crippen LogP contribution in [0, 0.1) is 0 Å². The highest BCUT2D eigenvalue weighted by molar-refractivity contribution is 6.20. The first-order valence-corrected chi connectivity index (χ1v) is 7.99. The van der Waals surface area contributed by atoms with Gasteiger partial charge < -0.3 is 0 Å². The molecule has 3 heteroatoms. The number of rotatable bonds is 5. The molecule has 106 valence electrons. The van der Waals surface area contributed by atoms with Crippen molar-refractivity contribution in [2.45, 2.75) is 49.9 Å². The van der Waals surface area contributed by atoms with Crippen molar-refractivity contribution in [3.05, 3.63) is 53.9 Å². The summed E-state index contributed by atoms with van der Waals surface area (Å²) in [7, 11) is 0. The van der Waals surface area contributed by atoms with Crippen LogP contribution in [0.25, 0.3) is 0 Å². The fourth-order valence-electron chi connectivity index (χ4n) is 2.99. The van der Waals surface area contributed by atoms with Crippen LogP contribution in [0.3, 0.4) is 0 Å². The number of alkyl halides is 1. The molecule has 0 saturated heterocycles. The third-order valence-corrected chi connectivity index (χ3v) is 4.65. The summed E-state index contributed by atoms with van der Waals surface area (Å²) in [6, 6.07) is 13.1. The molecule has 2 aromatic rings. The van der Waals surface area contributed by atoms with E-state index in [1.165, 1.54) is 36.9 Å². The topological polar surface area (TPSA) is 17.8 Å². The van der Waals surface area contributed by atoms with Crippen LogP contribution in [0.4, 0.5) is 0 Å². The first-order valence-electron chi connectivity index (χ1n) is 7.56. The molecule has 1 aromatic heterocycles. The second-order valence-corrected chi connectivity index (χ2v) is 6.17. The summed E-state index contributed by atoms with van der Waals surface area (Å²) in [5.41, 5.74) is 2.36. The maximum Gasteiger partial charge on any atom is 0.0625 e. The van der Waals surface area contributed by atoms with Gasteiger partial charge in [-0.1, -0.05) is 43.2 Å². The second kappa shape index (κ2) is 6.45. The molecule has 0 bridgehead atoms. The van der Waals surface area contributed by atoms with Crippen molar-refractivity contribution in [3.63, 3.8) is 0 Å². The van der Waals surface area contributed by atoms with Gasteiger partial charge in [-0.3, -0.25) is 4.68 Å². The normalized spacial score (nSPS) is 17.4. The first kappa shape index (κ1) is 13.7. The van der Waals surface area contributed by atoms with E-state index in [-0.39, 0.29) is 5.38 Å². The molecule has 3 rings (SSSR count). The summed E-state index contributed by atoms with van der Waals surface area (Å²) in [6.45, 7) is 0. The number of benzene rings is 1. The van der Waals surface area contributed by atoms with Crippen molar-refractivity contribution in [1.29, 1.82) is 0 Å². The lowest BCUT2D eigenvalue weighted by Crippen LogP contribution is -2.05. The molecule has 1 atom stereocenters. The standard InChI is InChI=1S/C17H21ClN2/c18-17(14-6-2-1-3-7-14)11-10-15-12-13-20(19-15)16-8-4-5-9-16/h1-3,6-7,12-13,16-17H,4-5,8-11H2. The van der Waals surface area contributed by atoms with E-state index < -0.39 is 0 Å². The van der Waals surface area contributed by atoms with E-state index in [1.54, 1.807) is 0 Å². The smallest absolute Gasteiger partial charge is 0.0625 e. The highest BCUT2D eigenvalue weighted by Gasteiger charge is 2.17. The van der Waals surface area contributed by atoms with Crippen LogP contribution in [0.15, 0.2) is 42.6 Å². The van der Waals surface area contributed by atoms with Crippen molar-refractivity contribution < 1.29 is 0 Å². The molecule has 0 N–H and O–H groups in total. The van der Waals surface area contributed by atoms with Crippen LogP contribution >= 0.6 is 11.6 Å². The van der Waals surface area contributed by atoms with Crippen LogP contribution in [0.5, 0.6) is 0 Å². The van der Waals surface area contributed by atoms with Crippen molar-refractivity contribution in [3.8, 4) is 0 Å². The zero-order valence-corrected chi connectivity index (χ0v) is 12.5. The SMILES string of the molecule is ClC(CCc1ccn(C2CCCC2)n1)c1ccccc1. The molecule has 0 radical (unpaired) electrons. The summed E-state index contributed by atoms with van der Waals surface area (Å²) in [6.07, 6.45) is 9.27. The van der Waals surface area contributed by atoms with Crippen LogP contribution in [-0.2, 0) is 6.42 Å². The highest BCUT2D eigenvalue weighted by Crippen LogP contribution is 2.29.